The van der Waals surface area contributed by atoms with Crippen LogP contribution in [0.2, 0.25) is 0 Å². The van der Waals surface area contributed by atoms with Crippen molar-refractivity contribution in [2.45, 2.75) is 511 Å². The van der Waals surface area contributed by atoms with Crippen molar-refractivity contribution in [1.82, 2.24) is 0 Å². The summed E-state index contributed by atoms with van der Waals surface area (Å²) < 4.78 is 0. The Balaban J connectivity index is 0. The zero-order valence-electron chi connectivity index (χ0n) is 62.3. The molecule has 0 spiro atoms. The third kappa shape index (κ3) is 47.7. The summed E-state index contributed by atoms with van der Waals surface area (Å²) in [5.74, 6) is 0.861. The van der Waals surface area contributed by atoms with E-state index in [1.807, 2.05) is 0 Å². The van der Waals surface area contributed by atoms with Gasteiger partial charge in [0.25, 0.3) is 0 Å². The first kappa shape index (κ1) is 89.0. The minimum Gasteiger partial charge on any atom is -1.00 e. The number of hydrogen-bond donors (Lipinski definition) is 0. The van der Waals surface area contributed by atoms with Crippen molar-refractivity contribution in [3.8, 4) is 0 Å². The molecule has 0 nitrogen and oxygen atoms in total. The fourth-order valence-corrected chi connectivity index (χ4v) is 24.1. The highest BCUT2D eigenvalue weighted by Gasteiger charge is 2.66. The van der Waals surface area contributed by atoms with Crippen molar-refractivity contribution in [1.29, 1.82) is 0 Å². The standard InChI is InChI=1S/C84H172P.BrH/c1-10-18-26-32-38-44-50-56-62-68-74-82(9)83(75-69-63-57-51-45-39-33-27-19-11-2,76-70-64-58-52-46-40-34-28-20-12-3)84(77-71-65-59-53-47-41-35-29-21-13-4,78-72-66-60-54-48-42-36-30-22-14-5)85(79-24-16-7,80-25-17-8)81-73-67-61-55-49-43-37-31-23-15-6;/h82H,10-81H2,1-9H3;1H/q+1;/p-1. The summed E-state index contributed by atoms with van der Waals surface area (Å²) in [6.45, 7) is 22.5. The van der Waals surface area contributed by atoms with Crippen molar-refractivity contribution in [2.24, 2.45) is 11.3 Å². The molecule has 0 aliphatic carbocycles. The predicted molar refractivity (Wildman–Crippen MR) is 400 cm³/mol. The topological polar surface area (TPSA) is 0 Å². The molecule has 0 fully saturated rings. The van der Waals surface area contributed by atoms with Gasteiger partial charge in [0, 0.05) is 12.7 Å². The van der Waals surface area contributed by atoms with Crippen molar-refractivity contribution >= 4 is 7.26 Å². The molecule has 0 N–H and O–H groups in total. The third-order valence-electron chi connectivity index (χ3n) is 22.4. The zero-order chi connectivity index (χ0) is 62.0. The lowest BCUT2D eigenvalue weighted by Gasteiger charge is -2.60. The molecule has 1 unspecified atom stereocenters. The second-order valence-electron chi connectivity index (χ2n) is 30.0. The summed E-state index contributed by atoms with van der Waals surface area (Å²) in [5.41, 5.74) is 0.499. The van der Waals surface area contributed by atoms with E-state index in [-0.39, 0.29) is 17.0 Å². The quantitative estimate of drug-likeness (QED) is 0.0421. The van der Waals surface area contributed by atoms with Gasteiger partial charge in [-0.05, 0) is 70.1 Å². The van der Waals surface area contributed by atoms with Crippen LogP contribution < -0.4 is 17.0 Å². The average molecular weight is 1290 g/mol. The second-order valence-corrected chi connectivity index (χ2v) is 34.5. The lowest BCUT2D eigenvalue weighted by atomic mass is 9.57. The van der Waals surface area contributed by atoms with Crippen LogP contribution in [0.4, 0.5) is 0 Å². The summed E-state index contributed by atoms with van der Waals surface area (Å²) in [6.07, 6.45) is 108. The first-order valence-electron chi connectivity index (χ1n) is 41.8. The number of unbranched alkanes of at least 4 members (excludes halogenated alkanes) is 56. The average Bonchev–Trinajstić information content (AvgIpc) is 0.764. The molecule has 0 saturated heterocycles. The van der Waals surface area contributed by atoms with Crippen LogP contribution in [-0.4, -0.2) is 23.6 Å². The monoisotopic (exact) mass is 1290 g/mol. The predicted octanol–water partition coefficient (Wildman–Crippen LogP) is 29.4. The molecule has 2 heteroatoms. The maximum absolute atomic E-state index is 3.00. The molecule has 520 valence electrons. The molecule has 0 rings (SSSR count). The van der Waals surface area contributed by atoms with Crippen LogP contribution in [0, 0.1) is 11.3 Å². The molecule has 0 amide bonds. The summed E-state index contributed by atoms with van der Waals surface area (Å²) in [7, 11) is -1.40. The van der Waals surface area contributed by atoms with Crippen molar-refractivity contribution in [2.75, 3.05) is 18.5 Å². The molecule has 86 heavy (non-hydrogen) atoms. The first-order chi connectivity index (χ1) is 41.9. The smallest absolute Gasteiger partial charge is 0.0857 e. The van der Waals surface area contributed by atoms with E-state index in [2.05, 4.69) is 62.3 Å². The van der Waals surface area contributed by atoms with E-state index in [9.17, 15) is 0 Å². The fraction of sp³-hybridized carbons (Fsp3) is 1.00. The van der Waals surface area contributed by atoms with E-state index in [1.165, 1.54) is 398 Å². The molecule has 0 aromatic rings. The summed E-state index contributed by atoms with van der Waals surface area (Å²) in [4.78, 5) is 0. The maximum atomic E-state index is 3.00. The molecule has 1 atom stereocenters. The molecular formula is C84H172BrP. The molecule has 0 saturated carbocycles. The van der Waals surface area contributed by atoms with E-state index in [0.29, 0.717) is 10.6 Å². The minimum atomic E-state index is -1.40. The van der Waals surface area contributed by atoms with Gasteiger partial charge in [0.15, 0.2) is 0 Å². The van der Waals surface area contributed by atoms with E-state index >= 15 is 0 Å². The van der Waals surface area contributed by atoms with Crippen LogP contribution >= 0.6 is 7.26 Å². The molecule has 0 aromatic heterocycles. The number of hydrogen-bond acceptors (Lipinski definition) is 0. The van der Waals surface area contributed by atoms with Gasteiger partial charge in [0.05, 0.1) is 23.6 Å². The summed E-state index contributed by atoms with van der Waals surface area (Å²) in [5, 5.41) is 0.556. The van der Waals surface area contributed by atoms with Gasteiger partial charge in [-0.3, -0.25) is 0 Å². The van der Waals surface area contributed by atoms with Gasteiger partial charge in [0.2, 0.25) is 0 Å². The molecule has 0 radical (unpaired) electrons. The van der Waals surface area contributed by atoms with Gasteiger partial charge >= 0.3 is 0 Å². The third-order valence-corrected chi connectivity index (χ3v) is 28.7. The Kier molecular flexibility index (Phi) is 72.7. The fourth-order valence-electron chi connectivity index (χ4n) is 16.8. The first-order valence-corrected chi connectivity index (χ1v) is 44.1. The van der Waals surface area contributed by atoms with E-state index in [4.69, 9.17) is 0 Å². The maximum Gasteiger partial charge on any atom is 0.0857 e. The Morgan fingerprint density at radius 1 is 0.198 bits per heavy atom. The zero-order valence-corrected chi connectivity index (χ0v) is 64.8. The van der Waals surface area contributed by atoms with Crippen LogP contribution in [0.5, 0.6) is 0 Å². The van der Waals surface area contributed by atoms with Crippen LogP contribution in [0.3, 0.4) is 0 Å². The van der Waals surface area contributed by atoms with Crippen molar-refractivity contribution in [3.05, 3.63) is 0 Å². The van der Waals surface area contributed by atoms with Crippen LogP contribution in [-0.2, 0) is 0 Å². The van der Waals surface area contributed by atoms with Gasteiger partial charge in [-0.2, -0.15) is 0 Å². The molecule has 0 aromatic carbocycles. The number of halogens is 1. The van der Waals surface area contributed by atoms with Gasteiger partial charge < -0.3 is 17.0 Å². The molecule has 0 aliphatic rings. The van der Waals surface area contributed by atoms with Crippen molar-refractivity contribution < 1.29 is 17.0 Å². The minimum absolute atomic E-state index is 0. The Labute approximate surface area is 561 Å². The Bertz CT molecular complexity index is 1170. The van der Waals surface area contributed by atoms with Gasteiger partial charge in [-0.1, -0.05) is 441 Å². The molecular weight excluding hydrogens is 1120 g/mol. The van der Waals surface area contributed by atoms with E-state index in [1.54, 1.807) is 63.4 Å². The van der Waals surface area contributed by atoms with E-state index in [0.717, 1.165) is 5.92 Å². The molecule has 0 bridgehead atoms. The van der Waals surface area contributed by atoms with Gasteiger partial charge in [-0.15, -0.1) is 0 Å². The highest BCUT2D eigenvalue weighted by atomic mass is 79.9. The van der Waals surface area contributed by atoms with Gasteiger partial charge in [0.1, 0.15) is 0 Å². The second kappa shape index (κ2) is 70.2. The lowest BCUT2D eigenvalue weighted by molar-refractivity contribution is -0.0000190. The van der Waals surface area contributed by atoms with E-state index < -0.39 is 7.26 Å². The van der Waals surface area contributed by atoms with Crippen molar-refractivity contribution in [3.63, 3.8) is 0 Å². The molecule has 0 heterocycles. The Hall–Kier alpha value is 0.910. The van der Waals surface area contributed by atoms with Crippen LogP contribution in [0.25, 0.3) is 0 Å². The normalized spacial score (nSPS) is 12.7. The van der Waals surface area contributed by atoms with Crippen LogP contribution in [0.1, 0.15) is 505 Å². The SMILES string of the molecule is CCCCCCCCCCCCC(C)C(CCCCCCCCCCCC)(CCCCCCCCCCCC)C(CCCCCCCCCCCC)(CCCCCCCCCCCC)[P+](CCCC)(CCCC)CCCCCCCCCCCC.[Br-]. The molecule has 0 aliphatic heterocycles. The highest BCUT2D eigenvalue weighted by Crippen LogP contribution is 2.80. The van der Waals surface area contributed by atoms with Crippen LogP contribution in [0.15, 0.2) is 0 Å². The highest BCUT2D eigenvalue weighted by molar-refractivity contribution is 7.77. The number of rotatable bonds is 75. The van der Waals surface area contributed by atoms with Gasteiger partial charge in [-0.25, -0.2) is 0 Å². The Morgan fingerprint density at radius 2 is 0.372 bits per heavy atom. The lowest BCUT2D eigenvalue weighted by Crippen LogP contribution is -3.00. The Morgan fingerprint density at radius 3 is 0.605 bits per heavy atom. The summed E-state index contributed by atoms with van der Waals surface area (Å²) in [6, 6.07) is 0. The largest absolute Gasteiger partial charge is 1.00 e. The summed E-state index contributed by atoms with van der Waals surface area (Å²) >= 11 is 0.